The van der Waals surface area contributed by atoms with Gasteiger partial charge in [0.15, 0.2) is 0 Å². The topological polar surface area (TPSA) is 56.8 Å². The molecule has 1 unspecified atom stereocenters. The van der Waals surface area contributed by atoms with Crippen molar-refractivity contribution in [2.45, 2.75) is 45.4 Å². The van der Waals surface area contributed by atoms with Crippen LogP contribution in [0.15, 0.2) is 0 Å². The van der Waals surface area contributed by atoms with Gasteiger partial charge in [0, 0.05) is 12.6 Å². The summed E-state index contributed by atoms with van der Waals surface area (Å²) >= 11 is 0. The number of ether oxygens (including phenoxy) is 3. The van der Waals surface area contributed by atoms with Crippen LogP contribution in [0.4, 0.5) is 0 Å². The molecule has 1 rings (SSSR count). The standard InChI is InChI=1S/C12H23NO4/c1-4-16-12(14)11(13-9(2)3)5-6-17-10-7-15-8-10/h9-11,13H,4-8H2,1-3H3. The fourth-order valence-corrected chi connectivity index (χ4v) is 1.58. The molecule has 0 aromatic carbocycles. The molecule has 5 nitrogen and oxygen atoms in total. The number of carbonyl (C=O) groups excluding carboxylic acids is 1. The van der Waals surface area contributed by atoms with Gasteiger partial charge in [0.05, 0.1) is 19.8 Å². The van der Waals surface area contributed by atoms with Crippen LogP contribution in [-0.4, -0.2) is 50.6 Å². The monoisotopic (exact) mass is 245 g/mol. The van der Waals surface area contributed by atoms with Crippen LogP contribution in [0, 0.1) is 0 Å². The third-order valence-corrected chi connectivity index (χ3v) is 2.47. The first-order valence-corrected chi connectivity index (χ1v) is 6.25. The minimum Gasteiger partial charge on any atom is -0.465 e. The zero-order chi connectivity index (χ0) is 12.7. The summed E-state index contributed by atoms with van der Waals surface area (Å²) in [5.41, 5.74) is 0. The van der Waals surface area contributed by atoms with Crippen molar-refractivity contribution in [2.75, 3.05) is 26.4 Å². The Morgan fingerprint density at radius 2 is 2.18 bits per heavy atom. The second kappa shape index (κ2) is 7.63. The van der Waals surface area contributed by atoms with Crippen molar-refractivity contribution in [3.05, 3.63) is 0 Å². The van der Waals surface area contributed by atoms with E-state index >= 15 is 0 Å². The molecule has 1 atom stereocenters. The molecule has 1 fully saturated rings. The predicted molar refractivity (Wildman–Crippen MR) is 63.9 cm³/mol. The molecule has 0 aromatic rings. The Kier molecular flexibility index (Phi) is 6.47. The molecule has 1 aliphatic heterocycles. The van der Waals surface area contributed by atoms with Crippen molar-refractivity contribution in [1.82, 2.24) is 5.32 Å². The van der Waals surface area contributed by atoms with Gasteiger partial charge in [-0.25, -0.2) is 0 Å². The minimum absolute atomic E-state index is 0.199. The SMILES string of the molecule is CCOC(=O)C(CCOC1COC1)NC(C)C. The van der Waals surface area contributed by atoms with E-state index in [9.17, 15) is 4.79 Å². The first-order valence-electron chi connectivity index (χ1n) is 6.25. The van der Waals surface area contributed by atoms with Gasteiger partial charge in [-0.05, 0) is 13.3 Å². The molecule has 5 heteroatoms. The summed E-state index contributed by atoms with van der Waals surface area (Å²) in [6, 6.07) is -0.0348. The third-order valence-electron chi connectivity index (χ3n) is 2.47. The zero-order valence-electron chi connectivity index (χ0n) is 10.9. The smallest absolute Gasteiger partial charge is 0.323 e. The van der Waals surface area contributed by atoms with Gasteiger partial charge in [-0.1, -0.05) is 13.8 Å². The Hall–Kier alpha value is -0.650. The van der Waals surface area contributed by atoms with Crippen LogP contribution in [-0.2, 0) is 19.0 Å². The largest absolute Gasteiger partial charge is 0.465 e. The number of hydrogen-bond acceptors (Lipinski definition) is 5. The molecule has 0 spiro atoms. The van der Waals surface area contributed by atoms with Gasteiger partial charge in [0.1, 0.15) is 12.1 Å². The van der Waals surface area contributed by atoms with E-state index in [2.05, 4.69) is 5.32 Å². The van der Waals surface area contributed by atoms with E-state index in [0.717, 1.165) is 0 Å². The van der Waals surface area contributed by atoms with Crippen molar-refractivity contribution in [3.63, 3.8) is 0 Å². The van der Waals surface area contributed by atoms with Gasteiger partial charge in [-0.2, -0.15) is 0 Å². The lowest BCUT2D eigenvalue weighted by molar-refractivity contribution is -0.149. The molecule has 100 valence electrons. The maximum atomic E-state index is 11.7. The Morgan fingerprint density at radius 1 is 1.47 bits per heavy atom. The second-order valence-corrected chi connectivity index (χ2v) is 4.44. The molecule has 0 amide bonds. The summed E-state index contributed by atoms with van der Waals surface area (Å²) in [5.74, 6) is -0.199. The molecular weight excluding hydrogens is 222 g/mol. The van der Waals surface area contributed by atoms with Gasteiger partial charge in [-0.15, -0.1) is 0 Å². The van der Waals surface area contributed by atoms with E-state index in [4.69, 9.17) is 14.2 Å². The number of carbonyl (C=O) groups is 1. The van der Waals surface area contributed by atoms with Gasteiger partial charge < -0.3 is 19.5 Å². The zero-order valence-corrected chi connectivity index (χ0v) is 10.9. The summed E-state index contributed by atoms with van der Waals surface area (Å²) < 4.78 is 15.6. The van der Waals surface area contributed by atoms with Crippen molar-refractivity contribution < 1.29 is 19.0 Å². The third kappa shape index (κ3) is 5.48. The molecule has 17 heavy (non-hydrogen) atoms. The fraction of sp³-hybridized carbons (Fsp3) is 0.917. The molecule has 1 heterocycles. The number of nitrogens with one attached hydrogen (secondary N) is 1. The highest BCUT2D eigenvalue weighted by Gasteiger charge is 2.23. The van der Waals surface area contributed by atoms with Crippen LogP contribution < -0.4 is 5.32 Å². The van der Waals surface area contributed by atoms with Crippen LogP contribution in [0.3, 0.4) is 0 Å². The van der Waals surface area contributed by atoms with E-state index in [-0.39, 0.29) is 24.2 Å². The first-order chi connectivity index (χ1) is 8.13. The Morgan fingerprint density at radius 3 is 2.65 bits per heavy atom. The molecule has 0 radical (unpaired) electrons. The summed E-state index contributed by atoms with van der Waals surface area (Å²) in [7, 11) is 0. The normalized spacial score (nSPS) is 17.9. The molecule has 0 saturated carbocycles. The van der Waals surface area contributed by atoms with Crippen LogP contribution >= 0.6 is 0 Å². The van der Waals surface area contributed by atoms with Gasteiger partial charge >= 0.3 is 5.97 Å². The molecular formula is C12H23NO4. The van der Waals surface area contributed by atoms with Gasteiger partial charge in [-0.3, -0.25) is 4.79 Å². The highest BCUT2D eigenvalue weighted by atomic mass is 16.6. The maximum Gasteiger partial charge on any atom is 0.323 e. The average Bonchev–Trinajstić information content (AvgIpc) is 2.19. The second-order valence-electron chi connectivity index (χ2n) is 4.44. The summed E-state index contributed by atoms with van der Waals surface area (Å²) in [6.07, 6.45) is 0.838. The van der Waals surface area contributed by atoms with Crippen LogP contribution in [0.5, 0.6) is 0 Å². The quantitative estimate of drug-likeness (QED) is 0.639. The van der Waals surface area contributed by atoms with Crippen LogP contribution in [0.25, 0.3) is 0 Å². The lowest BCUT2D eigenvalue weighted by atomic mass is 10.2. The Bertz CT molecular complexity index is 229. The number of esters is 1. The molecule has 0 aromatic heterocycles. The maximum absolute atomic E-state index is 11.7. The fourth-order valence-electron chi connectivity index (χ4n) is 1.58. The Labute approximate surface area is 103 Å². The summed E-state index contributed by atoms with van der Waals surface area (Å²) in [6.45, 7) is 8.12. The van der Waals surface area contributed by atoms with E-state index in [0.29, 0.717) is 32.8 Å². The Balaban J connectivity index is 2.25. The highest BCUT2D eigenvalue weighted by molar-refractivity contribution is 5.75. The van der Waals surface area contributed by atoms with Crippen LogP contribution in [0.2, 0.25) is 0 Å². The van der Waals surface area contributed by atoms with Crippen molar-refractivity contribution >= 4 is 5.97 Å². The molecule has 1 N–H and O–H groups in total. The number of hydrogen-bond donors (Lipinski definition) is 1. The van der Waals surface area contributed by atoms with Crippen LogP contribution in [0.1, 0.15) is 27.2 Å². The van der Waals surface area contributed by atoms with E-state index in [1.54, 1.807) is 0 Å². The minimum atomic E-state index is -0.282. The van der Waals surface area contributed by atoms with Crippen molar-refractivity contribution in [3.8, 4) is 0 Å². The molecule has 0 bridgehead atoms. The molecule has 1 saturated heterocycles. The van der Waals surface area contributed by atoms with Crippen molar-refractivity contribution in [2.24, 2.45) is 0 Å². The van der Waals surface area contributed by atoms with Gasteiger partial charge in [0.25, 0.3) is 0 Å². The van der Waals surface area contributed by atoms with Crippen molar-refractivity contribution in [1.29, 1.82) is 0 Å². The van der Waals surface area contributed by atoms with E-state index < -0.39 is 0 Å². The van der Waals surface area contributed by atoms with Gasteiger partial charge in [0.2, 0.25) is 0 Å². The predicted octanol–water partition coefficient (Wildman–Crippen LogP) is 0.722. The average molecular weight is 245 g/mol. The highest BCUT2D eigenvalue weighted by Crippen LogP contribution is 2.07. The first kappa shape index (κ1) is 14.4. The lowest BCUT2D eigenvalue weighted by Crippen LogP contribution is -2.43. The summed E-state index contributed by atoms with van der Waals surface area (Å²) in [4.78, 5) is 11.7. The van der Waals surface area contributed by atoms with E-state index in [1.165, 1.54) is 0 Å². The molecule has 0 aliphatic carbocycles. The molecule has 1 aliphatic rings. The number of rotatable bonds is 8. The summed E-state index contributed by atoms with van der Waals surface area (Å²) in [5, 5.41) is 3.19. The lowest BCUT2D eigenvalue weighted by Gasteiger charge is -2.27. The van der Waals surface area contributed by atoms with E-state index in [1.807, 2.05) is 20.8 Å².